The molecule has 9 heteroatoms. The Kier molecular flexibility index (Phi) is 5.24. The van der Waals surface area contributed by atoms with Gasteiger partial charge in [-0.05, 0) is 43.2 Å². The molecule has 170 valence electrons. The second kappa shape index (κ2) is 8.23. The Bertz CT molecular complexity index is 1200. The number of benzene rings is 2. The van der Waals surface area contributed by atoms with Crippen molar-refractivity contribution in [1.82, 2.24) is 20.0 Å². The summed E-state index contributed by atoms with van der Waals surface area (Å²) in [5.74, 6) is -0.601. The minimum absolute atomic E-state index is 0.0592. The molecule has 33 heavy (non-hydrogen) atoms. The van der Waals surface area contributed by atoms with Crippen LogP contribution in [0.15, 0.2) is 54.7 Å². The van der Waals surface area contributed by atoms with Crippen LogP contribution in [-0.2, 0) is 14.3 Å². The highest BCUT2D eigenvalue weighted by Gasteiger charge is 2.54. The van der Waals surface area contributed by atoms with E-state index in [0.717, 1.165) is 16.6 Å². The molecule has 2 aromatic carbocycles. The molecule has 3 aromatic rings. The molecule has 1 aromatic heterocycles. The van der Waals surface area contributed by atoms with Gasteiger partial charge in [-0.25, -0.2) is 0 Å². The Morgan fingerprint density at radius 1 is 1.12 bits per heavy atom. The molecule has 1 spiro atoms. The lowest BCUT2D eigenvalue weighted by atomic mass is 9.85. The van der Waals surface area contributed by atoms with E-state index < -0.39 is 11.5 Å². The molecule has 2 amide bonds. The Morgan fingerprint density at radius 2 is 1.88 bits per heavy atom. The predicted octanol–water partition coefficient (Wildman–Crippen LogP) is 2.02. The second-order valence-electron chi connectivity index (χ2n) is 8.48. The maximum atomic E-state index is 13.5. The first-order valence-corrected chi connectivity index (χ1v) is 10.9. The second-order valence-corrected chi connectivity index (χ2v) is 8.48. The van der Waals surface area contributed by atoms with Crippen molar-refractivity contribution in [3.8, 4) is 0 Å². The average Bonchev–Trinajstić information content (AvgIpc) is 3.43. The van der Waals surface area contributed by atoms with Crippen molar-refractivity contribution in [2.75, 3.05) is 38.3 Å². The standard InChI is InChI=1S/C24H25N5O4/c1-33-21(30)15-28-16-29(19-5-3-2-4-6-19)24(23(28)32)9-11-27(12-10-24)22(31)17-7-8-20-18(13-17)14-25-26-20/h2-8,13-14H,9-12,15-16H2,1H3,(H,25,26). The van der Waals surface area contributed by atoms with E-state index in [1.54, 1.807) is 22.1 Å². The van der Waals surface area contributed by atoms with Gasteiger partial charge < -0.3 is 19.4 Å². The maximum absolute atomic E-state index is 13.5. The van der Waals surface area contributed by atoms with Crippen LogP contribution in [0.25, 0.3) is 10.9 Å². The van der Waals surface area contributed by atoms with Gasteiger partial charge in [-0.15, -0.1) is 0 Å². The van der Waals surface area contributed by atoms with Gasteiger partial charge in [0.25, 0.3) is 11.8 Å². The van der Waals surface area contributed by atoms with Crippen LogP contribution in [-0.4, -0.2) is 76.7 Å². The van der Waals surface area contributed by atoms with Gasteiger partial charge in [0.1, 0.15) is 12.1 Å². The topological polar surface area (TPSA) is 98.8 Å². The molecular formula is C24H25N5O4. The molecule has 1 N–H and O–H groups in total. The van der Waals surface area contributed by atoms with E-state index >= 15 is 0 Å². The third kappa shape index (κ3) is 3.59. The van der Waals surface area contributed by atoms with Gasteiger partial charge in [-0.1, -0.05) is 18.2 Å². The van der Waals surface area contributed by atoms with Crippen LogP contribution in [0.4, 0.5) is 5.69 Å². The zero-order valence-corrected chi connectivity index (χ0v) is 18.4. The number of amides is 2. The summed E-state index contributed by atoms with van der Waals surface area (Å²) in [4.78, 5) is 44.0. The molecule has 0 atom stereocenters. The normalized spacial score (nSPS) is 17.7. The van der Waals surface area contributed by atoms with Gasteiger partial charge in [0.15, 0.2) is 0 Å². The first-order valence-electron chi connectivity index (χ1n) is 10.9. The number of esters is 1. The van der Waals surface area contributed by atoms with Gasteiger partial charge in [0, 0.05) is 29.7 Å². The highest BCUT2D eigenvalue weighted by atomic mass is 16.5. The fourth-order valence-electron chi connectivity index (χ4n) is 4.88. The van der Waals surface area contributed by atoms with E-state index in [0.29, 0.717) is 38.2 Å². The number of nitrogens with zero attached hydrogens (tertiary/aromatic N) is 4. The van der Waals surface area contributed by atoms with Gasteiger partial charge in [-0.2, -0.15) is 5.10 Å². The summed E-state index contributed by atoms with van der Waals surface area (Å²) in [6.07, 6.45) is 2.67. The Labute approximate surface area is 190 Å². The lowest BCUT2D eigenvalue weighted by Gasteiger charge is -2.43. The minimum Gasteiger partial charge on any atom is -0.468 e. The summed E-state index contributed by atoms with van der Waals surface area (Å²) in [5.41, 5.74) is 1.61. The smallest absolute Gasteiger partial charge is 0.325 e. The number of methoxy groups -OCH3 is 1. The van der Waals surface area contributed by atoms with E-state index in [4.69, 9.17) is 4.74 Å². The van der Waals surface area contributed by atoms with Gasteiger partial charge >= 0.3 is 5.97 Å². The number of ether oxygens (including phenoxy) is 1. The van der Waals surface area contributed by atoms with Crippen molar-refractivity contribution >= 4 is 34.4 Å². The SMILES string of the molecule is COC(=O)CN1CN(c2ccccc2)C2(CCN(C(=O)c3ccc4[nH]ncc4c3)CC2)C1=O. The van der Waals surface area contributed by atoms with Crippen LogP contribution >= 0.6 is 0 Å². The number of para-hydroxylation sites is 1. The number of piperidine rings is 1. The fraction of sp³-hybridized carbons (Fsp3) is 0.333. The van der Waals surface area contributed by atoms with Crippen molar-refractivity contribution in [3.05, 3.63) is 60.3 Å². The molecule has 0 aliphatic carbocycles. The Hall–Kier alpha value is -3.88. The quantitative estimate of drug-likeness (QED) is 0.615. The minimum atomic E-state index is -0.791. The van der Waals surface area contributed by atoms with Crippen molar-refractivity contribution < 1.29 is 19.1 Å². The van der Waals surface area contributed by atoms with Crippen LogP contribution in [0, 0.1) is 0 Å². The number of hydrogen-bond acceptors (Lipinski definition) is 6. The largest absolute Gasteiger partial charge is 0.468 e. The summed E-state index contributed by atoms with van der Waals surface area (Å²) < 4.78 is 4.79. The molecular weight excluding hydrogens is 422 g/mol. The molecule has 0 bridgehead atoms. The highest BCUT2D eigenvalue weighted by molar-refractivity contribution is 5.99. The van der Waals surface area contributed by atoms with E-state index in [2.05, 4.69) is 15.1 Å². The number of carbonyl (C=O) groups is 3. The summed E-state index contributed by atoms with van der Waals surface area (Å²) in [6, 6.07) is 15.2. The molecule has 2 aliphatic heterocycles. The summed E-state index contributed by atoms with van der Waals surface area (Å²) in [7, 11) is 1.32. The van der Waals surface area contributed by atoms with Crippen molar-refractivity contribution in [3.63, 3.8) is 0 Å². The first kappa shape index (κ1) is 21.0. The van der Waals surface area contributed by atoms with Crippen LogP contribution in [0.2, 0.25) is 0 Å². The number of carbonyl (C=O) groups excluding carboxylic acids is 3. The molecule has 0 radical (unpaired) electrons. The van der Waals surface area contributed by atoms with Crippen molar-refractivity contribution in [2.45, 2.75) is 18.4 Å². The number of aromatic amines is 1. The van der Waals surface area contributed by atoms with E-state index in [1.165, 1.54) is 7.11 Å². The van der Waals surface area contributed by atoms with E-state index in [-0.39, 0.29) is 18.4 Å². The molecule has 2 aliphatic rings. The summed E-state index contributed by atoms with van der Waals surface area (Å²) in [6.45, 7) is 1.11. The zero-order valence-electron chi connectivity index (χ0n) is 18.4. The number of anilines is 1. The van der Waals surface area contributed by atoms with Crippen molar-refractivity contribution in [1.29, 1.82) is 0 Å². The third-order valence-corrected chi connectivity index (χ3v) is 6.69. The van der Waals surface area contributed by atoms with Gasteiger partial charge in [0.05, 0.1) is 25.5 Å². The average molecular weight is 447 g/mol. The highest BCUT2D eigenvalue weighted by Crippen LogP contribution is 2.39. The van der Waals surface area contributed by atoms with Crippen molar-refractivity contribution in [2.24, 2.45) is 0 Å². The molecule has 0 unspecified atom stereocenters. The Balaban J connectivity index is 1.38. The monoisotopic (exact) mass is 447 g/mol. The number of rotatable bonds is 4. The molecule has 3 heterocycles. The van der Waals surface area contributed by atoms with Crippen LogP contribution < -0.4 is 4.90 Å². The first-order chi connectivity index (χ1) is 16.0. The molecule has 5 rings (SSSR count). The number of nitrogens with one attached hydrogen (secondary N) is 1. The van der Waals surface area contributed by atoms with Gasteiger partial charge in [-0.3, -0.25) is 19.5 Å². The molecule has 2 saturated heterocycles. The number of H-pyrrole nitrogens is 1. The van der Waals surface area contributed by atoms with E-state index in [9.17, 15) is 14.4 Å². The zero-order chi connectivity index (χ0) is 23.0. The van der Waals surface area contributed by atoms with Crippen LogP contribution in [0.3, 0.4) is 0 Å². The number of aromatic nitrogens is 2. The van der Waals surface area contributed by atoms with Crippen LogP contribution in [0.5, 0.6) is 0 Å². The number of hydrogen-bond donors (Lipinski definition) is 1. The molecule has 0 saturated carbocycles. The lowest BCUT2D eigenvalue weighted by Crippen LogP contribution is -2.57. The number of fused-ring (bicyclic) bond motifs is 1. The predicted molar refractivity (Wildman–Crippen MR) is 121 cm³/mol. The van der Waals surface area contributed by atoms with Crippen LogP contribution in [0.1, 0.15) is 23.2 Å². The molecule has 2 fully saturated rings. The van der Waals surface area contributed by atoms with Gasteiger partial charge in [0.2, 0.25) is 0 Å². The summed E-state index contributed by atoms with van der Waals surface area (Å²) in [5, 5.41) is 7.78. The molecule has 9 nitrogen and oxygen atoms in total. The lowest BCUT2D eigenvalue weighted by molar-refractivity contribution is -0.146. The summed E-state index contributed by atoms with van der Waals surface area (Å²) >= 11 is 0. The third-order valence-electron chi connectivity index (χ3n) is 6.69. The van der Waals surface area contributed by atoms with E-state index in [1.807, 2.05) is 42.5 Å². The maximum Gasteiger partial charge on any atom is 0.325 e. The number of likely N-dealkylation sites (tertiary alicyclic amines) is 1. The Morgan fingerprint density at radius 3 is 2.61 bits per heavy atom. The fourth-order valence-corrected chi connectivity index (χ4v) is 4.88.